The van der Waals surface area contributed by atoms with Crippen LogP contribution in [-0.4, -0.2) is 43.0 Å². The average Bonchev–Trinajstić information content (AvgIpc) is 2.94. The first-order valence-electron chi connectivity index (χ1n) is 7.67. The molecule has 2 unspecified atom stereocenters. The van der Waals surface area contributed by atoms with E-state index in [0.29, 0.717) is 25.0 Å². The molecule has 2 saturated heterocycles. The number of nitrogens with one attached hydrogen (secondary N) is 2. The van der Waals surface area contributed by atoms with E-state index >= 15 is 0 Å². The Balaban J connectivity index is 0.00000176. The molecule has 1 aromatic rings. The van der Waals surface area contributed by atoms with E-state index in [1.165, 1.54) is 18.6 Å². The molecule has 2 heterocycles. The molecule has 2 N–H and O–H groups in total. The molecule has 4 nitrogen and oxygen atoms in total. The van der Waals surface area contributed by atoms with Crippen LogP contribution in [0.5, 0.6) is 0 Å². The molecule has 3 rings (SSSR count). The zero-order valence-electron chi connectivity index (χ0n) is 12.6. The lowest BCUT2D eigenvalue weighted by Crippen LogP contribution is -2.47. The second-order valence-electron chi connectivity index (χ2n) is 6.04. The van der Waals surface area contributed by atoms with Crippen molar-refractivity contribution in [2.75, 3.05) is 26.2 Å². The molecule has 2 aliphatic rings. The standard InChI is InChI=1S/C16H22FN3O.ClH/c17-14-3-1-12(2-4-14)9-19-16(21)11-20-8-6-15-13(10-20)5-7-18-15;/h1-4,13,15,18H,5-11H2,(H,19,21);1H. The molecule has 0 radical (unpaired) electrons. The zero-order valence-corrected chi connectivity index (χ0v) is 13.4. The minimum atomic E-state index is -0.252. The third kappa shape index (κ3) is 4.41. The molecule has 2 aliphatic heterocycles. The van der Waals surface area contributed by atoms with Crippen molar-refractivity contribution in [3.8, 4) is 0 Å². The van der Waals surface area contributed by atoms with Gasteiger partial charge in [0.25, 0.3) is 0 Å². The quantitative estimate of drug-likeness (QED) is 0.882. The molecule has 6 heteroatoms. The van der Waals surface area contributed by atoms with Crippen molar-refractivity contribution in [3.05, 3.63) is 35.6 Å². The van der Waals surface area contributed by atoms with Gasteiger partial charge in [0.1, 0.15) is 5.82 Å². The van der Waals surface area contributed by atoms with Crippen molar-refractivity contribution in [2.24, 2.45) is 5.92 Å². The summed E-state index contributed by atoms with van der Waals surface area (Å²) in [5, 5.41) is 6.43. The third-order valence-corrected chi connectivity index (χ3v) is 4.51. The summed E-state index contributed by atoms with van der Waals surface area (Å²) in [6.07, 6.45) is 2.36. The number of piperidine rings is 1. The highest BCUT2D eigenvalue weighted by Crippen LogP contribution is 2.24. The third-order valence-electron chi connectivity index (χ3n) is 4.51. The van der Waals surface area contributed by atoms with Crippen molar-refractivity contribution >= 4 is 18.3 Å². The molecular weight excluding hydrogens is 305 g/mol. The van der Waals surface area contributed by atoms with Crippen molar-refractivity contribution in [1.82, 2.24) is 15.5 Å². The molecular formula is C16H23ClFN3O. The lowest BCUT2D eigenvalue weighted by atomic mass is 9.93. The summed E-state index contributed by atoms with van der Waals surface area (Å²) in [5.41, 5.74) is 0.920. The van der Waals surface area contributed by atoms with Gasteiger partial charge in [-0.1, -0.05) is 12.1 Å². The van der Waals surface area contributed by atoms with E-state index < -0.39 is 0 Å². The maximum Gasteiger partial charge on any atom is 0.234 e. The minimum Gasteiger partial charge on any atom is -0.351 e. The van der Waals surface area contributed by atoms with E-state index in [4.69, 9.17) is 0 Å². The average molecular weight is 328 g/mol. The largest absolute Gasteiger partial charge is 0.351 e. The fourth-order valence-electron chi connectivity index (χ4n) is 3.33. The van der Waals surface area contributed by atoms with Gasteiger partial charge in [-0.3, -0.25) is 9.69 Å². The summed E-state index contributed by atoms with van der Waals surface area (Å²) >= 11 is 0. The zero-order chi connectivity index (χ0) is 14.7. The topological polar surface area (TPSA) is 44.4 Å². The van der Waals surface area contributed by atoms with Crippen LogP contribution in [0.15, 0.2) is 24.3 Å². The summed E-state index contributed by atoms with van der Waals surface area (Å²) in [6.45, 7) is 4.03. The van der Waals surface area contributed by atoms with Gasteiger partial charge in [0.05, 0.1) is 6.54 Å². The molecule has 0 saturated carbocycles. The van der Waals surface area contributed by atoms with Gasteiger partial charge in [-0.25, -0.2) is 4.39 Å². The second kappa shape index (κ2) is 7.90. The lowest BCUT2D eigenvalue weighted by Gasteiger charge is -2.34. The van der Waals surface area contributed by atoms with Crippen molar-refractivity contribution in [3.63, 3.8) is 0 Å². The van der Waals surface area contributed by atoms with Crippen LogP contribution in [0.25, 0.3) is 0 Å². The number of halogens is 2. The van der Waals surface area contributed by atoms with Crippen LogP contribution in [0.4, 0.5) is 4.39 Å². The molecule has 22 heavy (non-hydrogen) atoms. The van der Waals surface area contributed by atoms with Gasteiger partial charge in [-0.2, -0.15) is 0 Å². The molecule has 1 amide bonds. The molecule has 2 atom stereocenters. The monoisotopic (exact) mass is 327 g/mol. The van der Waals surface area contributed by atoms with Gasteiger partial charge in [0.2, 0.25) is 5.91 Å². The first-order valence-corrected chi connectivity index (χ1v) is 7.67. The fourth-order valence-corrected chi connectivity index (χ4v) is 3.33. The Morgan fingerprint density at radius 1 is 1.32 bits per heavy atom. The van der Waals surface area contributed by atoms with Crippen LogP contribution < -0.4 is 10.6 Å². The molecule has 2 fully saturated rings. The Kier molecular flexibility index (Phi) is 6.17. The number of hydrogen-bond donors (Lipinski definition) is 2. The molecule has 0 aliphatic carbocycles. The molecule has 0 aromatic heterocycles. The summed E-state index contributed by atoms with van der Waals surface area (Å²) in [5.74, 6) is 0.491. The fraction of sp³-hybridized carbons (Fsp3) is 0.562. The highest BCUT2D eigenvalue weighted by molar-refractivity contribution is 5.85. The van der Waals surface area contributed by atoms with Crippen LogP contribution in [0.1, 0.15) is 18.4 Å². The SMILES string of the molecule is Cl.O=C(CN1CCC2NCCC2C1)NCc1ccc(F)cc1. The Morgan fingerprint density at radius 3 is 2.86 bits per heavy atom. The van der Waals surface area contributed by atoms with Crippen molar-refractivity contribution in [1.29, 1.82) is 0 Å². The first-order chi connectivity index (χ1) is 10.2. The number of benzene rings is 1. The minimum absolute atomic E-state index is 0. The van der Waals surface area contributed by atoms with Crippen LogP contribution in [0.3, 0.4) is 0 Å². The second-order valence-corrected chi connectivity index (χ2v) is 6.04. The van der Waals surface area contributed by atoms with Gasteiger partial charge < -0.3 is 10.6 Å². The maximum atomic E-state index is 12.8. The van der Waals surface area contributed by atoms with E-state index in [2.05, 4.69) is 15.5 Å². The van der Waals surface area contributed by atoms with Gasteiger partial charge in [-0.05, 0) is 43.0 Å². The van der Waals surface area contributed by atoms with E-state index in [0.717, 1.165) is 31.6 Å². The summed E-state index contributed by atoms with van der Waals surface area (Å²) < 4.78 is 12.8. The van der Waals surface area contributed by atoms with E-state index in [1.54, 1.807) is 12.1 Å². The number of carbonyl (C=O) groups is 1. The van der Waals surface area contributed by atoms with Crippen LogP contribution >= 0.6 is 12.4 Å². The molecule has 0 bridgehead atoms. The predicted molar refractivity (Wildman–Crippen MR) is 86.4 cm³/mol. The van der Waals surface area contributed by atoms with E-state index in [9.17, 15) is 9.18 Å². The van der Waals surface area contributed by atoms with Crippen LogP contribution in [-0.2, 0) is 11.3 Å². The van der Waals surface area contributed by atoms with Crippen LogP contribution in [0, 0.1) is 11.7 Å². The maximum absolute atomic E-state index is 12.8. The normalized spacial score (nSPS) is 24.4. The van der Waals surface area contributed by atoms with Crippen molar-refractivity contribution in [2.45, 2.75) is 25.4 Å². The Hall–Kier alpha value is -1.17. The van der Waals surface area contributed by atoms with Gasteiger partial charge in [0, 0.05) is 25.7 Å². The van der Waals surface area contributed by atoms with Crippen LogP contribution in [0.2, 0.25) is 0 Å². The number of fused-ring (bicyclic) bond motifs is 1. The number of nitrogens with zero attached hydrogens (tertiary/aromatic N) is 1. The summed E-state index contributed by atoms with van der Waals surface area (Å²) in [6, 6.07) is 6.89. The van der Waals surface area contributed by atoms with Gasteiger partial charge >= 0.3 is 0 Å². The van der Waals surface area contributed by atoms with E-state index in [-0.39, 0.29) is 24.1 Å². The van der Waals surface area contributed by atoms with E-state index in [1.807, 2.05) is 0 Å². The molecule has 122 valence electrons. The number of amides is 1. The Labute approximate surface area is 136 Å². The predicted octanol–water partition coefficient (Wildman–Crippen LogP) is 1.55. The number of hydrogen-bond acceptors (Lipinski definition) is 3. The highest BCUT2D eigenvalue weighted by Gasteiger charge is 2.32. The Morgan fingerprint density at radius 2 is 2.09 bits per heavy atom. The summed E-state index contributed by atoms with van der Waals surface area (Å²) in [4.78, 5) is 14.2. The first kappa shape index (κ1) is 17.2. The van der Waals surface area contributed by atoms with Gasteiger partial charge in [-0.15, -0.1) is 12.4 Å². The lowest BCUT2D eigenvalue weighted by molar-refractivity contribution is -0.122. The molecule has 1 aromatic carbocycles. The number of likely N-dealkylation sites (tertiary alicyclic amines) is 1. The highest BCUT2D eigenvalue weighted by atomic mass is 35.5. The summed E-state index contributed by atoms with van der Waals surface area (Å²) in [7, 11) is 0. The van der Waals surface area contributed by atoms with Crippen molar-refractivity contribution < 1.29 is 9.18 Å². The smallest absolute Gasteiger partial charge is 0.234 e. The number of rotatable bonds is 4. The Bertz CT molecular complexity index is 497. The van der Waals surface area contributed by atoms with Gasteiger partial charge in [0.15, 0.2) is 0 Å². The molecule has 0 spiro atoms. The number of carbonyl (C=O) groups excluding carboxylic acids is 1.